The standard InChI is InChI=1S/C23H19Cl2FN4O/c1-14-11-27-23(28-21-6-5-18(26)10-20(21)25)29-22(14)30-8-7-16(12-30)19(13-31)15-3-2-4-17(24)9-15/h2-12,19,31H,13H2,1H3,(H,27,28,29). The van der Waals surface area contributed by atoms with Gasteiger partial charge in [-0.05, 0) is 54.4 Å². The lowest BCUT2D eigenvalue weighted by atomic mass is 9.94. The number of nitrogens with zero attached hydrogens (tertiary/aromatic N) is 3. The number of benzene rings is 2. The van der Waals surface area contributed by atoms with E-state index >= 15 is 0 Å². The van der Waals surface area contributed by atoms with Crippen molar-refractivity contribution in [2.75, 3.05) is 11.9 Å². The third kappa shape index (κ3) is 4.71. The van der Waals surface area contributed by atoms with Crippen molar-refractivity contribution in [1.29, 1.82) is 0 Å². The van der Waals surface area contributed by atoms with Crippen molar-refractivity contribution in [2.45, 2.75) is 12.8 Å². The van der Waals surface area contributed by atoms with E-state index in [1.165, 1.54) is 18.2 Å². The van der Waals surface area contributed by atoms with Gasteiger partial charge in [0.25, 0.3) is 0 Å². The fraction of sp³-hybridized carbons (Fsp3) is 0.130. The van der Waals surface area contributed by atoms with Gasteiger partial charge in [-0.2, -0.15) is 4.98 Å². The lowest BCUT2D eigenvalue weighted by Gasteiger charge is -2.14. The van der Waals surface area contributed by atoms with E-state index in [0.717, 1.165) is 16.7 Å². The number of anilines is 2. The lowest BCUT2D eigenvalue weighted by Crippen LogP contribution is -2.06. The van der Waals surface area contributed by atoms with E-state index in [-0.39, 0.29) is 17.5 Å². The monoisotopic (exact) mass is 456 g/mol. The largest absolute Gasteiger partial charge is 0.395 e. The number of hydrogen-bond acceptors (Lipinski definition) is 4. The Kier molecular flexibility index (Phi) is 6.23. The predicted molar refractivity (Wildman–Crippen MR) is 121 cm³/mol. The Morgan fingerprint density at radius 2 is 1.97 bits per heavy atom. The maximum atomic E-state index is 13.3. The molecule has 0 saturated carbocycles. The molecule has 1 atom stereocenters. The van der Waals surface area contributed by atoms with Crippen LogP contribution in [0.4, 0.5) is 16.0 Å². The first-order valence-electron chi connectivity index (χ1n) is 9.55. The molecule has 0 saturated heterocycles. The fourth-order valence-corrected chi connectivity index (χ4v) is 3.76. The number of nitrogens with one attached hydrogen (secondary N) is 1. The molecule has 0 aliphatic rings. The summed E-state index contributed by atoms with van der Waals surface area (Å²) in [5.74, 6) is 0.375. The van der Waals surface area contributed by atoms with Crippen molar-refractivity contribution in [2.24, 2.45) is 0 Å². The number of rotatable bonds is 6. The van der Waals surface area contributed by atoms with Crippen LogP contribution in [0.5, 0.6) is 0 Å². The van der Waals surface area contributed by atoms with Crippen molar-refractivity contribution >= 4 is 34.8 Å². The molecule has 0 radical (unpaired) electrons. The van der Waals surface area contributed by atoms with Crippen LogP contribution in [-0.4, -0.2) is 26.2 Å². The van der Waals surface area contributed by atoms with Crippen molar-refractivity contribution < 1.29 is 9.50 Å². The van der Waals surface area contributed by atoms with Crippen molar-refractivity contribution in [3.63, 3.8) is 0 Å². The first-order valence-corrected chi connectivity index (χ1v) is 10.3. The summed E-state index contributed by atoms with van der Waals surface area (Å²) < 4.78 is 15.2. The zero-order valence-corrected chi connectivity index (χ0v) is 18.1. The Morgan fingerprint density at radius 1 is 1.13 bits per heavy atom. The summed E-state index contributed by atoms with van der Waals surface area (Å²) in [6.07, 6.45) is 5.50. The van der Waals surface area contributed by atoms with Crippen molar-refractivity contribution in [3.05, 3.63) is 99.7 Å². The van der Waals surface area contributed by atoms with Gasteiger partial charge in [-0.25, -0.2) is 9.37 Å². The average molecular weight is 457 g/mol. The summed E-state index contributed by atoms with van der Waals surface area (Å²) in [6, 6.07) is 13.5. The van der Waals surface area contributed by atoms with Gasteiger partial charge in [0, 0.05) is 35.1 Å². The zero-order chi connectivity index (χ0) is 22.0. The van der Waals surface area contributed by atoms with Crippen molar-refractivity contribution in [3.8, 4) is 5.82 Å². The SMILES string of the molecule is Cc1cnc(Nc2ccc(F)cc2Cl)nc1-n1ccc(C(CO)c2cccc(Cl)c2)c1. The molecule has 4 aromatic rings. The molecule has 8 heteroatoms. The molecule has 0 spiro atoms. The van der Waals surface area contributed by atoms with Gasteiger partial charge >= 0.3 is 0 Å². The molecule has 0 fully saturated rings. The quantitative estimate of drug-likeness (QED) is 0.379. The van der Waals surface area contributed by atoms with Gasteiger partial charge in [0.2, 0.25) is 5.95 Å². The summed E-state index contributed by atoms with van der Waals surface area (Å²) in [4.78, 5) is 8.89. The third-order valence-corrected chi connectivity index (χ3v) is 5.47. The number of halogens is 3. The summed E-state index contributed by atoms with van der Waals surface area (Å²) in [5.41, 5.74) is 3.23. The second-order valence-electron chi connectivity index (χ2n) is 7.09. The third-order valence-electron chi connectivity index (χ3n) is 4.92. The maximum Gasteiger partial charge on any atom is 0.229 e. The van der Waals surface area contributed by atoms with E-state index in [0.29, 0.717) is 22.5 Å². The van der Waals surface area contributed by atoms with Crippen molar-refractivity contribution in [1.82, 2.24) is 14.5 Å². The van der Waals surface area contributed by atoms with Crippen LogP contribution in [0.2, 0.25) is 10.0 Å². The van der Waals surface area contributed by atoms with Crippen LogP contribution in [0.15, 0.2) is 67.1 Å². The van der Waals surface area contributed by atoms with E-state index in [4.69, 9.17) is 23.2 Å². The first kappa shape index (κ1) is 21.3. The van der Waals surface area contributed by atoms with Gasteiger partial charge in [-0.1, -0.05) is 35.3 Å². The highest BCUT2D eigenvalue weighted by Crippen LogP contribution is 2.29. The van der Waals surface area contributed by atoms with Gasteiger partial charge in [-0.3, -0.25) is 0 Å². The second-order valence-corrected chi connectivity index (χ2v) is 7.94. The molecule has 5 nitrogen and oxygen atoms in total. The van der Waals surface area contributed by atoms with E-state index in [1.807, 2.05) is 48.1 Å². The smallest absolute Gasteiger partial charge is 0.229 e. The molecular formula is C23H19Cl2FN4O. The molecule has 2 aromatic heterocycles. The van der Waals surface area contributed by atoms with Crippen LogP contribution < -0.4 is 5.32 Å². The zero-order valence-electron chi connectivity index (χ0n) is 16.6. The molecule has 2 heterocycles. The van der Waals surface area contributed by atoms with Gasteiger partial charge in [0.15, 0.2) is 0 Å². The Balaban J connectivity index is 1.64. The Hall–Kier alpha value is -2.93. The van der Waals surface area contributed by atoms with E-state index in [9.17, 15) is 9.50 Å². The molecule has 0 amide bonds. The molecule has 0 aliphatic heterocycles. The molecular weight excluding hydrogens is 438 g/mol. The minimum atomic E-state index is -0.418. The Bertz CT molecular complexity index is 1230. The lowest BCUT2D eigenvalue weighted by molar-refractivity contribution is 0.280. The molecule has 31 heavy (non-hydrogen) atoms. The number of aliphatic hydroxyl groups is 1. The van der Waals surface area contributed by atoms with Crippen LogP contribution in [0.3, 0.4) is 0 Å². The maximum absolute atomic E-state index is 13.3. The van der Waals surface area contributed by atoms with E-state index in [2.05, 4.69) is 15.3 Å². The van der Waals surface area contributed by atoms with Gasteiger partial charge in [-0.15, -0.1) is 0 Å². The minimum Gasteiger partial charge on any atom is -0.395 e. The minimum absolute atomic E-state index is 0.0526. The predicted octanol–water partition coefficient (Wildman–Crippen LogP) is 5.89. The highest BCUT2D eigenvalue weighted by atomic mass is 35.5. The number of aromatic nitrogens is 3. The summed E-state index contributed by atoms with van der Waals surface area (Å²) in [6.45, 7) is 1.85. The van der Waals surface area contributed by atoms with Gasteiger partial charge < -0.3 is 15.0 Å². The van der Waals surface area contributed by atoms with Crippen LogP contribution in [0.1, 0.15) is 22.6 Å². The van der Waals surface area contributed by atoms with Crippen LogP contribution >= 0.6 is 23.2 Å². The van der Waals surface area contributed by atoms with Gasteiger partial charge in [0.1, 0.15) is 11.6 Å². The Labute approximate surface area is 189 Å². The van der Waals surface area contributed by atoms with Crippen LogP contribution in [-0.2, 0) is 0 Å². The molecule has 2 aromatic carbocycles. The van der Waals surface area contributed by atoms with E-state index < -0.39 is 5.82 Å². The molecule has 158 valence electrons. The Morgan fingerprint density at radius 3 is 2.71 bits per heavy atom. The number of hydrogen-bond donors (Lipinski definition) is 2. The van der Waals surface area contributed by atoms with Crippen LogP contribution in [0.25, 0.3) is 5.82 Å². The fourth-order valence-electron chi connectivity index (χ4n) is 3.34. The van der Waals surface area contributed by atoms with Gasteiger partial charge in [0.05, 0.1) is 17.3 Å². The summed E-state index contributed by atoms with van der Waals surface area (Å²) in [7, 11) is 0. The second kappa shape index (κ2) is 9.06. The number of aliphatic hydroxyl groups excluding tert-OH is 1. The highest BCUT2D eigenvalue weighted by molar-refractivity contribution is 6.33. The average Bonchev–Trinajstić information content (AvgIpc) is 3.21. The summed E-state index contributed by atoms with van der Waals surface area (Å²) >= 11 is 12.2. The van der Waals surface area contributed by atoms with Crippen LogP contribution in [0, 0.1) is 12.7 Å². The first-order chi connectivity index (χ1) is 14.9. The molecule has 4 rings (SSSR count). The molecule has 0 aliphatic carbocycles. The number of aryl methyl sites for hydroxylation is 1. The highest BCUT2D eigenvalue weighted by Gasteiger charge is 2.16. The summed E-state index contributed by atoms with van der Waals surface area (Å²) in [5, 5.41) is 13.9. The molecule has 2 N–H and O–H groups in total. The van der Waals surface area contributed by atoms with E-state index in [1.54, 1.807) is 12.3 Å². The topological polar surface area (TPSA) is 63.0 Å². The molecule has 1 unspecified atom stereocenters. The molecule has 0 bridgehead atoms. The normalized spacial score (nSPS) is 12.0.